The monoisotopic (exact) mass is 456 g/mol. The van der Waals surface area contributed by atoms with E-state index in [9.17, 15) is 18.0 Å². The van der Waals surface area contributed by atoms with E-state index in [1.54, 1.807) is 37.3 Å². The molecular formula is C24H23F3N4O2. The van der Waals surface area contributed by atoms with Gasteiger partial charge in [-0.3, -0.25) is 10.2 Å². The van der Waals surface area contributed by atoms with E-state index >= 15 is 0 Å². The molecule has 9 heteroatoms. The lowest BCUT2D eigenvalue weighted by Crippen LogP contribution is -2.31. The Hall–Kier alpha value is -3.88. The summed E-state index contributed by atoms with van der Waals surface area (Å²) >= 11 is 0. The summed E-state index contributed by atoms with van der Waals surface area (Å²) in [5.41, 5.74) is -0.621. The highest BCUT2D eigenvalue weighted by atomic mass is 19.4. The molecule has 0 radical (unpaired) electrons. The summed E-state index contributed by atoms with van der Waals surface area (Å²) in [5.74, 6) is -1.06. The van der Waals surface area contributed by atoms with Gasteiger partial charge in [0.2, 0.25) is 5.88 Å². The van der Waals surface area contributed by atoms with Gasteiger partial charge in [-0.1, -0.05) is 60.7 Å². The highest BCUT2D eigenvalue weighted by molar-refractivity contribution is 6.14. The SMILES string of the molecule is CNc1nc(OCC(=O)NC(C)c2ccccc2)cc(C(F)(F)F)c1C(=N)c1ccccc1. The first-order valence-electron chi connectivity index (χ1n) is 10.1. The molecule has 33 heavy (non-hydrogen) atoms. The predicted molar refractivity (Wildman–Crippen MR) is 120 cm³/mol. The van der Waals surface area contributed by atoms with Gasteiger partial charge in [0.1, 0.15) is 5.82 Å². The van der Waals surface area contributed by atoms with Gasteiger partial charge in [0.15, 0.2) is 6.61 Å². The highest BCUT2D eigenvalue weighted by Crippen LogP contribution is 2.37. The van der Waals surface area contributed by atoms with Crippen LogP contribution in [0.5, 0.6) is 5.88 Å². The average molecular weight is 456 g/mol. The number of alkyl halides is 3. The molecule has 0 spiro atoms. The summed E-state index contributed by atoms with van der Waals surface area (Å²) in [7, 11) is 1.41. The second-order valence-corrected chi connectivity index (χ2v) is 7.21. The van der Waals surface area contributed by atoms with Crippen molar-refractivity contribution in [1.29, 1.82) is 5.41 Å². The van der Waals surface area contributed by atoms with Gasteiger partial charge in [-0.05, 0) is 12.5 Å². The maximum atomic E-state index is 13.9. The topological polar surface area (TPSA) is 87.1 Å². The van der Waals surface area contributed by atoms with E-state index in [0.717, 1.165) is 5.56 Å². The lowest BCUT2D eigenvalue weighted by molar-refractivity contribution is -0.137. The molecular weight excluding hydrogens is 433 g/mol. The molecule has 1 aromatic heterocycles. The van der Waals surface area contributed by atoms with Crippen molar-refractivity contribution in [2.75, 3.05) is 19.0 Å². The average Bonchev–Trinajstić information content (AvgIpc) is 2.82. The van der Waals surface area contributed by atoms with Crippen molar-refractivity contribution in [1.82, 2.24) is 10.3 Å². The number of rotatable bonds is 8. The number of nitrogens with one attached hydrogen (secondary N) is 3. The third-order valence-electron chi connectivity index (χ3n) is 4.88. The van der Waals surface area contributed by atoms with Crippen LogP contribution >= 0.6 is 0 Å². The molecule has 0 aliphatic rings. The quantitative estimate of drug-likeness (QED) is 0.425. The molecule has 0 fully saturated rings. The molecule has 3 rings (SSSR count). The first kappa shape index (κ1) is 23.8. The standard InChI is InChI=1S/C24H23F3N4O2/c1-15(16-9-5-3-6-10-16)30-19(32)14-33-20-13-18(24(25,26)27)21(23(29-2)31-20)22(28)17-11-7-4-8-12-17/h3-13,15,28H,14H2,1-2H3,(H,29,31)(H,30,32). The second kappa shape index (κ2) is 10.2. The van der Waals surface area contributed by atoms with Crippen molar-refractivity contribution in [2.24, 2.45) is 0 Å². The van der Waals surface area contributed by atoms with Crippen LogP contribution in [0.2, 0.25) is 0 Å². The van der Waals surface area contributed by atoms with Crippen molar-refractivity contribution >= 4 is 17.4 Å². The number of nitrogens with zero attached hydrogens (tertiary/aromatic N) is 1. The van der Waals surface area contributed by atoms with Crippen LogP contribution in [-0.4, -0.2) is 30.3 Å². The number of ether oxygens (including phenoxy) is 1. The highest BCUT2D eigenvalue weighted by Gasteiger charge is 2.37. The van der Waals surface area contributed by atoms with Crippen LogP contribution in [0.1, 0.15) is 35.2 Å². The van der Waals surface area contributed by atoms with Crippen LogP contribution < -0.4 is 15.4 Å². The van der Waals surface area contributed by atoms with E-state index in [1.165, 1.54) is 7.05 Å². The van der Waals surface area contributed by atoms with Crippen LogP contribution in [0.3, 0.4) is 0 Å². The number of carbonyl (C=O) groups excluding carboxylic acids is 1. The first-order valence-corrected chi connectivity index (χ1v) is 10.1. The summed E-state index contributed by atoms with van der Waals surface area (Å²) in [6.45, 7) is 1.27. The summed E-state index contributed by atoms with van der Waals surface area (Å²) in [6.07, 6.45) is -4.77. The molecule has 0 aliphatic heterocycles. The number of amides is 1. The van der Waals surface area contributed by atoms with E-state index in [4.69, 9.17) is 10.1 Å². The third kappa shape index (κ3) is 5.88. The largest absolute Gasteiger partial charge is 0.467 e. The summed E-state index contributed by atoms with van der Waals surface area (Å²) in [5, 5.41) is 13.7. The zero-order valence-corrected chi connectivity index (χ0v) is 18.0. The van der Waals surface area contributed by atoms with Crippen LogP contribution in [-0.2, 0) is 11.0 Å². The fourth-order valence-corrected chi connectivity index (χ4v) is 3.25. The normalized spacial score (nSPS) is 12.0. The third-order valence-corrected chi connectivity index (χ3v) is 4.88. The fourth-order valence-electron chi connectivity index (χ4n) is 3.25. The van der Waals surface area contributed by atoms with Gasteiger partial charge in [-0.2, -0.15) is 18.2 Å². The number of anilines is 1. The zero-order chi connectivity index (χ0) is 24.0. The summed E-state index contributed by atoms with van der Waals surface area (Å²) in [6, 6.07) is 17.7. The minimum atomic E-state index is -4.77. The van der Waals surface area contributed by atoms with Gasteiger partial charge < -0.3 is 15.4 Å². The molecule has 1 atom stereocenters. The van der Waals surface area contributed by atoms with Gasteiger partial charge in [-0.25, -0.2) is 0 Å². The molecule has 6 nitrogen and oxygen atoms in total. The van der Waals surface area contributed by atoms with Crippen molar-refractivity contribution < 1.29 is 22.7 Å². The van der Waals surface area contributed by atoms with Crippen molar-refractivity contribution in [3.63, 3.8) is 0 Å². The maximum Gasteiger partial charge on any atom is 0.417 e. The van der Waals surface area contributed by atoms with Gasteiger partial charge in [0.05, 0.1) is 22.9 Å². The van der Waals surface area contributed by atoms with Crippen LogP contribution in [0.4, 0.5) is 19.0 Å². The van der Waals surface area contributed by atoms with Gasteiger partial charge in [0, 0.05) is 18.7 Å². The number of halogens is 3. The molecule has 0 aliphatic carbocycles. The van der Waals surface area contributed by atoms with Crippen LogP contribution in [0.15, 0.2) is 66.7 Å². The summed E-state index contributed by atoms with van der Waals surface area (Å²) in [4.78, 5) is 16.3. The van der Waals surface area contributed by atoms with Gasteiger partial charge >= 0.3 is 6.18 Å². The lowest BCUT2D eigenvalue weighted by Gasteiger charge is -2.19. The number of hydrogen-bond donors (Lipinski definition) is 3. The van der Waals surface area contributed by atoms with Gasteiger partial charge in [-0.15, -0.1) is 0 Å². The second-order valence-electron chi connectivity index (χ2n) is 7.21. The van der Waals surface area contributed by atoms with E-state index in [1.807, 2.05) is 30.3 Å². The number of carbonyl (C=O) groups is 1. The molecule has 0 bridgehead atoms. The Morgan fingerprint density at radius 3 is 2.27 bits per heavy atom. The minimum Gasteiger partial charge on any atom is -0.467 e. The smallest absolute Gasteiger partial charge is 0.417 e. The van der Waals surface area contributed by atoms with Crippen LogP contribution in [0, 0.1) is 5.41 Å². The maximum absolute atomic E-state index is 13.9. The van der Waals surface area contributed by atoms with E-state index in [0.29, 0.717) is 11.6 Å². The van der Waals surface area contributed by atoms with Gasteiger partial charge in [0.25, 0.3) is 5.91 Å². The van der Waals surface area contributed by atoms with E-state index in [2.05, 4.69) is 15.6 Å². The van der Waals surface area contributed by atoms with Crippen molar-refractivity contribution in [3.8, 4) is 5.88 Å². The molecule has 1 heterocycles. The Labute approximate surface area is 189 Å². The summed E-state index contributed by atoms with van der Waals surface area (Å²) < 4.78 is 47.0. The molecule has 172 valence electrons. The molecule has 1 unspecified atom stereocenters. The molecule has 2 aromatic carbocycles. The van der Waals surface area contributed by atoms with Crippen molar-refractivity contribution in [3.05, 3.63) is 89.0 Å². The number of benzene rings is 2. The molecule has 3 N–H and O–H groups in total. The fraction of sp³-hybridized carbons (Fsp3) is 0.208. The molecule has 3 aromatic rings. The molecule has 0 saturated heterocycles. The number of pyridine rings is 1. The molecule has 1 amide bonds. The Balaban J connectivity index is 1.83. The van der Waals surface area contributed by atoms with E-state index < -0.39 is 29.8 Å². The Kier molecular flexibility index (Phi) is 7.32. The first-order chi connectivity index (χ1) is 15.7. The minimum absolute atomic E-state index is 0.174. The number of aromatic nitrogens is 1. The Morgan fingerprint density at radius 1 is 1.09 bits per heavy atom. The Bertz CT molecular complexity index is 1120. The van der Waals surface area contributed by atoms with Crippen LogP contribution in [0.25, 0.3) is 0 Å². The zero-order valence-electron chi connectivity index (χ0n) is 18.0. The lowest BCUT2D eigenvalue weighted by atomic mass is 9.98. The molecule has 0 saturated carbocycles. The predicted octanol–water partition coefficient (Wildman–Crippen LogP) is 4.81. The van der Waals surface area contributed by atoms with Crippen molar-refractivity contribution in [2.45, 2.75) is 19.1 Å². The number of hydrogen-bond acceptors (Lipinski definition) is 5. The Morgan fingerprint density at radius 2 is 1.70 bits per heavy atom. The van der Waals surface area contributed by atoms with E-state index in [-0.39, 0.29) is 23.5 Å².